The average Bonchev–Trinajstić information content (AvgIpc) is 2.81. The third-order valence-electron chi connectivity index (χ3n) is 2.86. The van der Waals surface area contributed by atoms with Crippen LogP contribution in [0.4, 0.5) is 0 Å². The Morgan fingerprint density at radius 1 is 1.11 bits per heavy atom. The van der Waals surface area contributed by atoms with Crippen molar-refractivity contribution in [2.24, 2.45) is 0 Å². The van der Waals surface area contributed by atoms with Crippen LogP contribution in [-0.2, 0) is 0 Å². The van der Waals surface area contributed by atoms with Crippen LogP contribution in [0, 0.1) is 6.92 Å². The highest BCUT2D eigenvalue weighted by molar-refractivity contribution is 5.77. The van der Waals surface area contributed by atoms with E-state index in [1.165, 1.54) is 0 Å². The van der Waals surface area contributed by atoms with E-state index in [1.54, 1.807) is 7.11 Å². The topological polar surface area (TPSA) is 35.3 Å². The second-order valence-electron chi connectivity index (χ2n) is 4.22. The van der Waals surface area contributed by atoms with Crippen LogP contribution in [0.25, 0.3) is 22.6 Å². The van der Waals surface area contributed by atoms with Gasteiger partial charge in [-0.1, -0.05) is 12.1 Å². The highest BCUT2D eigenvalue weighted by Gasteiger charge is 2.08. The summed E-state index contributed by atoms with van der Waals surface area (Å²) in [7, 11) is 1.65. The molecule has 0 saturated carbocycles. The fourth-order valence-corrected chi connectivity index (χ4v) is 1.91. The molecule has 0 aliphatic carbocycles. The first-order chi connectivity index (χ1) is 8.76. The molecule has 3 rings (SSSR count). The fourth-order valence-electron chi connectivity index (χ4n) is 1.91. The zero-order valence-corrected chi connectivity index (χ0v) is 10.3. The Labute approximate surface area is 105 Å². The number of oxazole rings is 1. The van der Waals surface area contributed by atoms with Gasteiger partial charge in [0, 0.05) is 5.56 Å². The summed E-state index contributed by atoms with van der Waals surface area (Å²) in [6.45, 7) is 2.03. The second kappa shape index (κ2) is 4.18. The predicted molar refractivity (Wildman–Crippen MR) is 70.7 cm³/mol. The van der Waals surface area contributed by atoms with Crippen molar-refractivity contribution in [1.29, 1.82) is 0 Å². The molecular formula is C15H13NO2. The van der Waals surface area contributed by atoms with Gasteiger partial charge < -0.3 is 9.15 Å². The van der Waals surface area contributed by atoms with E-state index in [0.717, 1.165) is 28.0 Å². The van der Waals surface area contributed by atoms with Crippen LogP contribution >= 0.6 is 0 Å². The summed E-state index contributed by atoms with van der Waals surface area (Å²) in [4.78, 5) is 4.48. The highest BCUT2D eigenvalue weighted by atomic mass is 16.5. The van der Waals surface area contributed by atoms with Gasteiger partial charge in [-0.15, -0.1) is 0 Å². The molecule has 0 amide bonds. The maximum absolute atomic E-state index is 5.77. The van der Waals surface area contributed by atoms with E-state index in [-0.39, 0.29) is 0 Å². The Balaban J connectivity index is 2.13. The van der Waals surface area contributed by atoms with Crippen LogP contribution in [0.15, 0.2) is 46.9 Å². The lowest BCUT2D eigenvalue weighted by Crippen LogP contribution is -1.83. The van der Waals surface area contributed by atoms with Crippen LogP contribution in [0.1, 0.15) is 5.56 Å². The van der Waals surface area contributed by atoms with E-state index in [4.69, 9.17) is 9.15 Å². The normalized spacial score (nSPS) is 10.8. The number of hydrogen-bond acceptors (Lipinski definition) is 3. The van der Waals surface area contributed by atoms with Crippen molar-refractivity contribution in [1.82, 2.24) is 4.98 Å². The molecule has 0 spiro atoms. The molecular weight excluding hydrogens is 226 g/mol. The molecule has 0 aliphatic heterocycles. The molecule has 0 aliphatic rings. The van der Waals surface area contributed by atoms with Gasteiger partial charge in [0.15, 0.2) is 5.58 Å². The molecule has 90 valence electrons. The lowest BCUT2D eigenvalue weighted by molar-refractivity contribution is 0.415. The molecule has 3 aromatic rings. The molecule has 0 saturated heterocycles. The summed E-state index contributed by atoms with van der Waals surface area (Å²) < 4.78 is 11.0. The van der Waals surface area contributed by atoms with Crippen LogP contribution < -0.4 is 4.74 Å². The SMILES string of the molecule is COc1cccc(-c2nc3ccc(C)cc3o2)c1. The average molecular weight is 239 g/mol. The Bertz CT molecular complexity index is 701. The maximum Gasteiger partial charge on any atom is 0.227 e. The summed E-state index contributed by atoms with van der Waals surface area (Å²) in [5, 5.41) is 0. The van der Waals surface area contributed by atoms with Crippen molar-refractivity contribution < 1.29 is 9.15 Å². The zero-order chi connectivity index (χ0) is 12.5. The Kier molecular flexibility index (Phi) is 2.52. The number of nitrogens with zero attached hydrogens (tertiary/aromatic N) is 1. The summed E-state index contributed by atoms with van der Waals surface area (Å²) in [6.07, 6.45) is 0. The van der Waals surface area contributed by atoms with Gasteiger partial charge >= 0.3 is 0 Å². The van der Waals surface area contributed by atoms with Gasteiger partial charge in [0.2, 0.25) is 5.89 Å². The number of aryl methyl sites for hydroxylation is 1. The van der Waals surface area contributed by atoms with Crippen LogP contribution in [0.3, 0.4) is 0 Å². The van der Waals surface area contributed by atoms with Crippen molar-refractivity contribution in [3.8, 4) is 17.2 Å². The molecule has 0 N–H and O–H groups in total. The van der Waals surface area contributed by atoms with Crippen LogP contribution in [0.5, 0.6) is 5.75 Å². The quantitative estimate of drug-likeness (QED) is 0.682. The van der Waals surface area contributed by atoms with E-state index < -0.39 is 0 Å². The lowest BCUT2D eigenvalue weighted by Gasteiger charge is -2.00. The smallest absolute Gasteiger partial charge is 0.227 e. The van der Waals surface area contributed by atoms with Gasteiger partial charge in [-0.25, -0.2) is 4.98 Å². The van der Waals surface area contributed by atoms with E-state index >= 15 is 0 Å². The largest absolute Gasteiger partial charge is 0.497 e. The summed E-state index contributed by atoms with van der Waals surface area (Å²) >= 11 is 0. The molecule has 1 heterocycles. The summed E-state index contributed by atoms with van der Waals surface area (Å²) in [6, 6.07) is 13.7. The minimum absolute atomic E-state index is 0.620. The van der Waals surface area contributed by atoms with Gasteiger partial charge in [-0.05, 0) is 42.8 Å². The van der Waals surface area contributed by atoms with E-state index in [2.05, 4.69) is 4.98 Å². The molecule has 0 radical (unpaired) electrons. The minimum Gasteiger partial charge on any atom is -0.497 e. The summed E-state index contributed by atoms with van der Waals surface area (Å²) in [5.41, 5.74) is 3.77. The third kappa shape index (κ3) is 1.84. The molecule has 18 heavy (non-hydrogen) atoms. The first-order valence-corrected chi connectivity index (χ1v) is 5.78. The van der Waals surface area contributed by atoms with Crippen molar-refractivity contribution in [3.05, 3.63) is 48.0 Å². The van der Waals surface area contributed by atoms with Crippen molar-refractivity contribution in [3.63, 3.8) is 0 Å². The first-order valence-electron chi connectivity index (χ1n) is 5.78. The molecule has 2 aromatic carbocycles. The molecule has 3 heteroatoms. The maximum atomic E-state index is 5.77. The van der Waals surface area contributed by atoms with Crippen molar-refractivity contribution in [2.45, 2.75) is 6.92 Å². The number of methoxy groups -OCH3 is 1. The van der Waals surface area contributed by atoms with E-state index in [0.29, 0.717) is 5.89 Å². The molecule has 3 nitrogen and oxygen atoms in total. The number of benzene rings is 2. The number of fused-ring (bicyclic) bond motifs is 1. The van der Waals surface area contributed by atoms with E-state index in [1.807, 2.05) is 49.4 Å². The summed E-state index contributed by atoms with van der Waals surface area (Å²) in [5.74, 6) is 1.42. The number of rotatable bonds is 2. The molecule has 1 aromatic heterocycles. The number of aromatic nitrogens is 1. The van der Waals surface area contributed by atoms with E-state index in [9.17, 15) is 0 Å². The molecule has 0 fully saturated rings. The minimum atomic E-state index is 0.620. The van der Waals surface area contributed by atoms with Gasteiger partial charge in [0.25, 0.3) is 0 Å². The van der Waals surface area contributed by atoms with Gasteiger partial charge in [-0.3, -0.25) is 0 Å². The number of ether oxygens (including phenoxy) is 1. The van der Waals surface area contributed by atoms with Gasteiger partial charge in [0.1, 0.15) is 11.3 Å². The van der Waals surface area contributed by atoms with Crippen LogP contribution in [0.2, 0.25) is 0 Å². The first kappa shape index (κ1) is 10.8. The van der Waals surface area contributed by atoms with Crippen molar-refractivity contribution in [2.75, 3.05) is 7.11 Å². The Morgan fingerprint density at radius 3 is 2.83 bits per heavy atom. The Morgan fingerprint density at radius 2 is 2.00 bits per heavy atom. The second-order valence-corrected chi connectivity index (χ2v) is 4.22. The van der Waals surface area contributed by atoms with Crippen molar-refractivity contribution >= 4 is 11.1 Å². The molecule has 0 bridgehead atoms. The fraction of sp³-hybridized carbons (Fsp3) is 0.133. The Hall–Kier alpha value is -2.29. The monoisotopic (exact) mass is 239 g/mol. The third-order valence-corrected chi connectivity index (χ3v) is 2.86. The zero-order valence-electron chi connectivity index (χ0n) is 10.3. The number of hydrogen-bond donors (Lipinski definition) is 0. The van der Waals surface area contributed by atoms with Crippen LogP contribution in [-0.4, -0.2) is 12.1 Å². The highest BCUT2D eigenvalue weighted by Crippen LogP contribution is 2.27. The standard InChI is InChI=1S/C15H13NO2/c1-10-6-7-13-14(8-10)18-15(16-13)11-4-3-5-12(9-11)17-2/h3-9H,1-2H3. The molecule has 0 atom stereocenters. The lowest BCUT2D eigenvalue weighted by atomic mass is 10.2. The molecule has 0 unspecified atom stereocenters. The predicted octanol–water partition coefficient (Wildman–Crippen LogP) is 3.81. The van der Waals surface area contributed by atoms with Gasteiger partial charge in [0.05, 0.1) is 7.11 Å². The van der Waals surface area contributed by atoms with Gasteiger partial charge in [-0.2, -0.15) is 0 Å².